The lowest BCUT2D eigenvalue weighted by molar-refractivity contribution is -0.251. The summed E-state index contributed by atoms with van der Waals surface area (Å²) in [5.74, 6) is 4.69. The minimum atomic E-state index is -0.754. The van der Waals surface area contributed by atoms with Crippen molar-refractivity contribution in [1.29, 1.82) is 0 Å². The fourth-order valence-electron chi connectivity index (χ4n) is 3.58. The average Bonchev–Trinajstić information content (AvgIpc) is 3.05. The molecule has 0 aliphatic carbocycles. The van der Waals surface area contributed by atoms with E-state index in [4.69, 9.17) is 28.4 Å². The van der Waals surface area contributed by atoms with Crippen LogP contribution in [0.2, 0.25) is 0 Å². The van der Waals surface area contributed by atoms with E-state index in [0.717, 1.165) is 0 Å². The van der Waals surface area contributed by atoms with E-state index >= 15 is 0 Å². The van der Waals surface area contributed by atoms with Crippen molar-refractivity contribution < 1.29 is 28.4 Å². The maximum Gasteiger partial charge on any atom is 0.190 e. The van der Waals surface area contributed by atoms with E-state index in [1.165, 1.54) is 0 Å². The van der Waals surface area contributed by atoms with Crippen LogP contribution in [-0.2, 0) is 28.4 Å². The molecule has 3 fully saturated rings. The van der Waals surface area contributed by atoms with Crippen molar-refractivity contribution in [2.24, 2.45) is 0 Å². The molecule has 0 amide bonds. The maximum absolute atomic E-state index is 6.16. The van der Waals surface area contributed by atoms with Crippen molar-refractivity contribution in [3.05, 3.63) is 0 Å². The van der Waals surface area contributed by atoms with E-state index < -0.39 is 23.5 Å². The van der Waals surface area contributed by atoms with Crippen LogP contribution < -0.4 is 0 Å². The Morgan fingerprint density at radius 3 is 2.35 bits per heavy atom. The van der Waals surface area contributed by atoms with Crippen LogP contribution >= 0.6 is 0 Å². The molecule has 3 aliphatic rings. The van der Waals surface area contributed by atoms with Gasteiger partial charge in [-0.05, 0) is 34.6 Å². The van der Waals surface area contributed by atoms with Gasteiger partial charge in [-0.1, -0.05) is 0 Å². The molecule has 3 rings (SSSR count). The Morgan fingerprint density at radius 2 is 1.78 bits per heavy atom. The third-order valence-corrected chi connectivity index (χ3v) is 4.59. The number of methoxy groups -OCH3 is 1. The average molecular weight is 326 g/mol. The summed E-state index contributed by atoms with van der Waals surface area (Å²) < 4.78 is 35.8. The Balaban J connectivity index is 1.91. The molecule has 0 aromatic carbocycles. The van der Waals surface area contributed by atoms with Crippen LogP contribution in [0, 0.1) is 11.8 Å². The van der Waals surface area contributed by atoms with Crippen molar-refractivity contribution in [2.45, 2.75) is 82.8 Å². The number of hydrogen-bond acceptors (Lipinski definition) is 6. The molecule has 0 spiro atoms. The largest absolute Gasteiger partial charge is 0.371 e. The van der Waals surface area contributed by atoms with Crippen LogP contribution in [0.1, 0.15) is 41.0 Å². The fraction of sp³-hybridized carbons (Fsp3) is 0.882. The zero-order chi connectivity index (χ0) is 16.9. The Hall–Kier alpha value is -0.680. The van der Waals surface area contributed by atoms with E-state index in [2.05, 4.69) is 11.8 Å². The molecule has 5 atom stereocenters. The quantitative estimate of drug-likeness (QED) is 0.737. The number of hydrogen-bond donors (Lipinski definition) is 0. The molecule has 3 aliphatic heterocycles. The first-order valence-corrected chi connectivity index (χ1v) is 8.01. The number of rotatable bonds is 3. The molecule has 0 aromatic rings. The Morgan fingerprint density at radius 1 is 1.04 bits per heavy atom. The summed E-state index contributed by atoms with van der Waals surface area (Å²) in [6.07, 6.45) is -1.02. The van der Waals surface area contributed by atoms with E-state index in [1.807, 2.05) is 27.7 Å². The molecule has 130 valence electrons. The van der Waals surface area contributed by atoms with Crippen molar-refractivity contribution >= 4 is 0 Å². The van der Waals surface area contributed by atoms with Gasteiger partial charge in [0.05, 0.1) is 6.61 Å². The summed E-state index contributed by atoms with van der Waals surface area (Å²) in [5, 5.41) is 0. The molecule has 3 heterocycles. The summed E-state index contributed by atoms with van der Waals surface area (Å²) >= 11 is 0. The van der Waals surface area contributed by atoms with Gasteiger partial charge in [0.1, 0.15) is 23.9 Å². The van der Waals surface area contributed by atoms with Gasteiger partial charge < -0.3 is 28.4 Å². The SMILES string of the molecule is CC#CC[C@@]1(OC)[C@@H](C2COC(C)(C)O2)O[C@@H]2OC(C)(C)O[C@@H]21. The summed E-state index contributed by atoms with van der Waals surface area (Å²) in [7, 11) is 1.66. The van der Waals surface area contributed by atoms with Gasteiger partial charge in [0.2, 0.25) is 0 Å². The highest BCUT2D eigenvalue weighted by molar-refractivity contribution is 5.15. The second kappa shape index (κ2) is 5.69. The second-order valence-corrected chi connectivity index (χ2v) is 7.11. The first-order chi connectivity index (χ1) is 10.7. The Labute approximate surface area is 137 Å². The van der Waals surface area contributed by atoms with E-state index in [9.17, 15) is 0 Å². The zero-order valence-electron chi connectivity index (χ0n) is 14.7. The molecule has 0 bridgehead atoms. The highest BCUT2D eigenvalue weighted by atomic mass is 16.9. The van der Waals surface area contributed by atoms with Gasteiger partial charge in [0, 0.05) is 13.5 Å². The third kappa shape index (κ3) is 2.91. The van der Waals surface area contributed by atoms with Gasteiger partial charge in [-0.25, -0.2) is 0 Å². The molecule has 0 saturated carbocycles. The minimum absolute atomic E-state index is 0.260. The molecule has 3 saturated heterocycles. The predicted octanol–water partition coefficient (Wildman–Crippen LogP) is 1.81. The molecular formula is C17H26O6. The van der Waals surface area contributed by atoms with Gasteiger partial charge in [-0.15, -0.1) is 11.8 Å². The van der Waals surface area contributed by atoms with Crippen molar-refractivity contribution in [3.63, 3.8) is 0 Å². The van der Waals surface area contributed by atoms with E-state index in [0.29, 0.717) is 13.0 Å². The monoisotopic (exact) mass is 326 g/mol. The lowest BCUT2D eigenvalue weighted by atomic mass is 9.86. The highest BCUT2D eigenvalue weighted by Crippen LogP contribution is 2.48. The first kappa shape index (κ1) is 17.2. The second-order valence-electron chi connectivity index (χ2n) is 7.11. The molecule has 6 heteroatoms. The topological polar surface area (TPSA) is 55.4 Å². The highest BCUT2D eigenvalue weighted by Gasteiger charge is 2.66. The summed E-state index contributed by atoms with van der Waals surface area (Å²) in [6.45, 7) is 9.76. The van der Waals surface area contributed by atoms with Crippen molar-refractivity contribution in [1.82, 2.24) is 0 Å². The normalized spacial score (nSPS) is 43.9. The Bertz CT molecular complexity index is 519. The maximum atomic E-state index is 6.16. The smallest absolute Gasteiger partial charge is 0.190 e. The molecule has 0 aromatic heterocycles. The lowest BCUT2D eigenvalue weighted by Crippen LogP contribution is -2.55. The summed E-state index contributed by atoms with van der Waals surface area (Å²) in [6, 6.07) is 0. The summed E-state index contributed by atoms with van der Waals surface area (Å²) in [4.78, 5) is 0. The van der Waals surface area contributed by atoms with Crippen molar-refractivity contribution in [2.75, 3.05) is 13.7 Å². The van der Waals surface area contributed by atoms with Crippen LogP contribution in [0.25, 0.3) is 0 Å². The molecule has 23 heavy (non-hydrogen) atoms. The van der Waals surface area contributed by atoms with E-state index in [1.54, 1.807) is 14.0 Å². The number of fused-ring (bicyclic) bond motifs is 1. The standard InChI is InChI=1S/C17H26O6/c1-7-8-9-17(18-6)12(11-10-19-15(2,3)21-11)20-14-13(17)22-16(4,5)23-14/h11-14H,9-10H2,1-6H3/t11?,12-,13+,14-,17-/m1/s1. The Kier molecular flexibility index (Phi) is 4.25. The predicted molar refractivity (Wildman–Crippen MR) is 81.4 cm³/mol. The van der Waals surface area contributed by atoms with Crippen LogP contribution in [0.15, 0.2) is 0 Å². The zero-order valence-corrected chi connectivity index (χ0v) is 14.7. The van der Waals surface area contributed by atoms with Crippen LogP contribution in [0.5, 0.6) is 0 Å². The van der Waals surface area contributed by atoms with Crippen molar-refractivity contribution in [3.8, 4) is 11.8 Å². The minimum Gasteiger partial charge on any atom is -0.371 e. The van der Waals surface area contributed by atoms with Gasteiger partial charge in [-0.2, -0.15) is 0 Å². The lowest BCUT2D eigenvalue weighted by Gasteiger charge is -2.37. The van der Waals surface area contributed by atoms with Crippen LogP contribution in [0.3, 0.4) is 0 Å². The summed E-state index contributed by atoms with van der Waals surface area (Å²) in [5.41, 5.74) is -0.754. The third-order valence-electron chi connectivity index (χ3n) is 4.59. The van der Waals surface area contributed by atoms with Gasteiger partial charge in [-0.3, -0.25) is 0 Å². The molecule has 1 unspecified atom stereocenters. The van der Waals surface area contributed by atoms with Crippen LogP contribution in [0.4, 0.5) is 0 Å². The molecule has 6 nitrogen and oxygen atoms in total. The fourth-order valence-corrected chi connectivity index (χ4v) is 3.58. The van der Waals surface area contributed by atoms with Crippen LogP contribution in [-0.4, -0.2) is 55.5 Å². The molecule has 0 N–H and O–H groups in total. The molecular weight excluding hydrogens is 300 g/mol. The van der Waals surface area contributed by atoms with Gasteiger partial charge >= 0.3 is 0 Å². The number of ether oxygens (including phenoxy) is 6. The van der Waals surface area contributed by atoms with Gasteiger partial charge in [0.25, 0.3) is 0 Å². The van der Waals surface area contributed by atoms with E-state index in [-0.39, 0.29) is 18.3 Å². The molecule has 0 radical (unpaired) electrons. The first-order valence-electron chi connectivity index (χ1n) is 8.01. The van der Waals surface area contributed by atoms with Gasteiger partial charge in [0.15, 0.2) is 17.9 Å².